The number of alkyl halides is 1. The van der Waals surface area contributed by atoms with Crippen molar-refractivity contribution in [3.63, 3.8) is 0 Å². The third-order valence-electron chi connectivity index (χ3n) is 7.60. The van der Waals surface area contributed by atoms with Crippen molar-refractivity contribution in [2.45, 2.75) is 82.5 Å². The average molecular weight is 623 g/mol. The van der Waals surface area contributed by atoms with E-state index in [0.717, 1.165) is 16.8 Å². The molecule has 0 spiro atoms. The van der Waals surface area contributed by atoms with E-state index in [1.54, 1.807) is 0 Å². The first kappa shape index (κ1) is 31.2. The Hall–Kier alpha value is -1.70. The van der Waals surface area contributed by atoms with E-state index < -0.39 is 70.0 Å². The van der Waals surface area contributed by atoms with Crippen LogP contribution in [0.5, 0.6) is 0 Å². The number of ether oxygens (including phenoxy) is 1. The van der Waals surface area contributed by atoms with Crippen molar-refractivity contribution < 1.29 is 36.1 Å². The van der Waals surface area contributed by atoms with E-state index >= 15 is 4.39 Å². The van der Waals surface area contributed by atoms with Crippen molar-refractivity contribution in [3.8, 4) is 0 Å². The molecule has 6 atom stereocenters. The summed E-state index contributed by atoms with van der Waals surface area (Å²) in [7, 11) is -6.87. The van der Waals surface area contributed by atoms with Crippen molar-refractivity contribution in [3.05, 3.63) is 67.7 Å². The standard InChI is InChI=1S/C25H34ClF2N2O8PSi/c1-24(2,3)40(5,6)38-21-19(36-22(25(21,4)28)30-11-9-20(31)29-23(30)32)14-35-39(33)34-12-10-18(37-39)16-13-15(26)7-8-17(16)27/h7-9,11,13,18-19,21-22H,10,12,14H2,1-6H3,(H,29,31,32)/t18-,19-,21-,22-,25-,39+/m1/s1. The molecule has 4 rings (SSSR count). The second-order valence-corrected chi connectivity index (χ2v) is 18.4. The molecule has 2 aliphatic rings. The molecule has 0 unspecified atom stereocenters. The minimum Gasteiger partial charge on any atom is -0.408 e. The highest BCUT2D eigenvalue weighted by molar-refractivity contribution is 7.48. The van der Waals surface area contributed by atoms with Gasteiger partial charge >= 0.3 is 13.5 Å². The van der Waals surface area contributed by atoms with Gasteiger partial charge in [0.1, 0.15) is 18.0 Å². The van der Waals surface area contributed by atoms with E-state index in [1.165, 1.54) is 25.1 Å². The lowest BCUT2D eigenvalue weighted by molar-refractivity contribution is -0.0654. The normalized spacial score (nSPS) is 31.4. The molecule has 10 nitrogen and oxygen atoms in total. The number of nitrogens with zero attached hydrogens (tertiary/aromatic N) is 1. The molecule has 40 heavy (non-hydrogen) atoms. The van der Waals surface area contributed by atoms with Crippen LogP contribution in [0.25, 0.3) is 0 Å². The maximum absolute atomic E-state index is 16.6. The zero-order valence-corrected chi connectivity index (χ0v) is 25.8. The average Bonchev–Trinajstić information content (AvgIpc) is 3.08. The first-order valence-electron chi connectivity index (χ1n) is 12.8. The molecule has 0 radical (unpaired) electrons. The van der Waals surface area contributed by atoms with Gasteiger partial charge in [-0.15, -0.1) is 0 Å². The molecule has 1 aromatic carbocycles. The Kier molecular flexibility index (Phi) is 8.73. The van der Waals surface area contributed by atoms with Crippen LogP contribution in [-0.2, 0) is 27.3 Å². The third-order valence-corrected chi connectivity index (χ3v) is 13.8. The maximum atomic E-state index is 16.6. The van der Waals surface area contributed by atoms with Gasteiger partial charge in [-0.25, -0.2) is 18.1 Å². The first-order chi connectivity index (χ1) is 18.4. The lowest BCUT2D eigenvalue weighted by atomic mass is 9.98. The summed E-state index contributed by atoms with van der Waals surface area (Å²) in [6, 6.07) is 5.01. The van der Waals surface area contributed by atoms with Gasteiger partial charge in [-0.1, -0.05) is 32.4 Å². The van der Waals surface area contributed by atoms with Gasteiger partial charge in [0, 0.05) is 29.3 Å². The van der Waals surface area contributed by atoms with Crippen molar-refractivity contribution in [1.29, 1.82) is 0 Å². The lowest BCUT2D eigenvalue weighted by Crippen LogP contribution is -2.53. The Morgan fingerprint density at radius 3 is 2.62 bits per heavy atom. The van der Waals surface area contributed by atoms with Crippen LogP contribution in [-0.4, -0.2) is 49.0 Å². The lowest BCUT2D eigenvalue weighted by Gasteiger charge is -2.41. The van der Waals surface area contributed by atoms with Gasteiger partial charge < -0.3 is 9.16 Å². The van der Waals surface area contributed by atoms with Gasteiger partial charge in [-0.3, -0.25) is 27.9 Å². The number of benzene rings is 1. The fraction of sp³-hybridized carbons (Fsp3) is 0.600. The van der Waals surface area contributed by atoms with E-state index in [0.29, 0.717) is 0 Å². The van der Waals surface area contributed by atoms with Crippen LogP contribution in [0.1, 0.15) is 52.0 Å². The highest BCUT2D eigenvalue weighted by atomic mass is 35.5. The molecular formula is C25H34ClF2N2O8PSi. The summed E-state index contributed by atoms with van der Waals surface area (Å²) >= 11 is 6.01. The summed E-state index contributed by atoms with van der Waals surface area (Å²) in [6.45, 7) is 10.5. The summed E-state index contributed by atoms with van der Waals surface area (Å²) < 4.78 is 74.3. The molecule has 15 heteroatoms. The smallest absolute Gasteiger partial charge is 0.408 e. The number of rotatable bonds is 7. The number of aromatic nitrogens is 2. The number of phosphoric ester groups is 1. The van der Waals surface area contributed by atoms with Crippen molar-refractivity contribution in [1.82, 2.24) is 9.55 Å². The van der Waals surface area contributed by atoms with E-state index in [2.05, 4.69) is 4.98 Å². The number of halogens is 3. The Morgan fingerprint density at radius 1 is 1.27 bits per heavy atom. The Balaban J connectivity index is 1.61. The molecule has 2 fully saturated rings. The van der Waals surface area contributed by atoms with Gasteiger partial charge in [0.05, 0.1) is 19.3 Å². The van der Waals surface area contributed by atoms with E-state index in [1.807, 2.05) is 33.9 Å². The fourth-order valence-corrected chi connectivity index (χ4v) is 7.29. The molecule has 0 bridgehead atoms. The zero-order chi connectivity index (χ0) is 29.7. The van der Waals surface area contributed by atoms with Crippen LogP contribution >= 0.6 is 19.4 Å². The second-order valence-electron chi connectivity index (χ2n) is 11.6. The molecule has 3 heterocycles. The Labute approximate surface area is 236 Å². The van der Waals surface area contributed by atoms with Crippen molar-refractivity contribution in [2.24, 2.45) is 0 Å². The summed E-state index contributed by atoms with van der Waals surface area (Å²) in [5, 5.41) is -0.0316. The van der Waals surface area contributed by atoms with Crippen LogP contribution in [0.4, 0.5) is 8.78 Å². The van der Waals surface area contributed by atoms with E-state index in [9.17, 15) is 18.5 Å². The number of H-pyrrole nitrogens is 1. The first-order valence-corrected chi connectivity index (χ1v) is 17.5. The number of nitrogens with one attached hydrogen (secondary N) is 1. The van der Waals surface area contributed by atoms with Gasteiger partial charge in [-0.2, -0.15) is 0 Å². The number of aromatic amines is 1. The molecule has 0 amide bonds. The minimum atomic E-state index is -4.25. The van der Waals surface area contributed by atoms with Crippen LogP contribution < -0.4 is 11.2 Å². The quantitative estimate of drug-likeness (QED) is 0.311. The fourth-order valence-electron chi connectivity index (χ4n) is 4.35. The van der Waals surface area contributed by atoms with Crippen LogP contribution in [0.2, 0.25) is 23.2 Å². The summed E-state index contributed by atoms with van der Waals surface area (Å²) in [5.74, 6) is -0.591. The number of hydrogen-bond acceptors (Lipinski definition) is 8. The SMILES string of the molecule is CC(C)(C)[Si](C)(C)O[C@@H]1[C@@H](CO[P@]2(=O)OCC[C@H](c3cc(Cl)ccc3F)O2)O[C@@H](n2ccc(=O)[nH]c2=O)[C@]1(C)F. The molecule has 1 N–H and O–H groups in total. The van der Waals surface area contributed by atoms with Gasteiger partial charge in [0.15, 0.2) is 20.2 Å². The molecule has 0 aliphatic carbocycles. The third kappa shape index (κ3) is 6.36. The molecule has 2 aromatic rings. The Bertz CT molecular complexity index is 1410. The zero-order valence-electron chi connectivity index (χ0n) is 23.1. The number of phosphoric acid groups is 1. The van der Waals surface area contributed by atoms with E-state index in [-0.39, 0.29) is 28.7 Å². The molecule has 1 aromatic heterocycles. The summed E-state index contributed by atoms with van der Waals surface area (Å²) in [5.41, 5.74) is -3.69. The number of hydrogen-bond donors (Lipinski definition) is 1. The molecule has 0 saturated carbocycles. The minimum absolute atomic E-state index is 0.0560. The van der Waals surface area contributed by atoms with Crippen LogP contribution in [0.3, 0.4) is 0 Å². The molecule has 2 saturated heterocycles. The van der Waals surface area contributed by atoms with Crippen LogP contribution in [0.15, 0.2) is 40.1 Å². The predicted molar refractivity (Wildman–Crippen MR) is 146 cm³/mol. The summed E-state index contributed by atoms with van der Waals surface area (Å²) in [6.07, 6.45) is -3.54. The monoisotopic (exact) mass is 622 g/mol. The van der Waals surface area contributed by atoms with Crippen molar-refractivity contribution >= 4 is 27.7 Å². The van der Waals surface area contributed by atoms with Gasteiger partial charge in [0.2, 0.25) is 0 Å². The van der Waals surface area contributed by atoms with Gasteiger partial charge in [-0.05, 0) is 43.3 Å². The van der Waals surface area contributed by atoms with Crippen LogP contribution in [0, 0.1) is 5.82 Å². The summed E-state index contributed by atoms with van der Waals surface area (Å²) in [4.78, 5) is 26.2. The topological polar surface area (TPSA) is 118 Å². The highest BCUT2D eigenvalue weighted by Gasteiger charge is 2.59. The highest BCUT2D eigenvalue weighted by Crippen LogP contribution is 2.58. The predicted octanol–water partition coefficient (Wildman–Crippen LogP) is 5.65. The second kappa shape index (κ2) is 11.2. The Morgan fingerprint density at radius 2 is 1.98 bits per heavy atom. The largest absolute Gasteiger partial charge is 0.475 e. The molecule has 222 valence electrons. The van der Waals surface area contributed by atoms with Gasteiger partial charge in [0.25, 0.3) is 5.56 Å². The van der Waals surface area contributed by atoms with E-state index in [4.69, 9.17) is 34.3 Å². The van der Waals surface area contributed by atoms with Crippen molar-refractivity contribution in [2.75, 3.05) is 13.2 Å². The maximum Gasteiger partial charge on any atom is 0.475 e. The molecule has 2 aliphatic heterocycles. The molecular weight excluding hydrogens is 589 g/mol.